The van der Waals surface area contributed by atoms with E-state index < -0.39 is 63.4 Å². The Morgan fingerprint density at radius 1 is 1.29 bits per heavy atom. The van der Waals surface area contributed by atoms with Crippen molar-refractivity contribution < 1.29 is 45.0 Å². The number of sulfone groups is 1. The number of aromatic nitrogens is 2. The lowest BCUT2D eigenvalue weighted by Crippen LogP contribution is -2.42. The van der Waals surface area contributed by atoms with E-state index in [1.54, 1.807) is 0 Å². The predicted molar refractivity (Wildman–Crippen MR) is 138 cm³/mol. The maximum atomic E-state index is 13.4. The standard InChI is InChI=1S/C26H31F5N4O5S/c1-14-34-22(23(37)33-13-16-6-7-17(10-20(16)36)41(4,38)39)19(12-32)35(14)18-8-5-15(9-21(18)40-24(27)28)11-25(2,3)26(29,30)31/h5,8-9,16-17,20,24,36H,6-7,10-11,13H2,1-4H3,(H,33,37)/t16-,17+,20+/m1/s1. The lowest BCUT2D eigenvalue weighted by atomic mass is 9.85. The highest BCUT2D eigenvalue weighted by atomic mass is 32.2. The van der Waals surface area contributed by atoms with Gasteiger partial charge in [0.15, 0.2) is 11.4 Å². The summed E-state index contributed by atoms with van der Waals surface area (Å²) in [4.78, 5) is 17.1. The van der Waals surface area contributed by atoms with Gasteiger partial charge in [-0.3, -0.25) is 9.36 Å². The number of aliphatic hydroxyl groups excluding tert-OH is 1. The van der Waals surface area contributed by atoms with Crippen LogP contribution in [0.4, 0.5) is 22.0 Å². The molecule has 9 nitrogen and oxygen atoms in total. The van der Waals surface area contributed by atoms with Crippen LogP contribution in [0.2, 0.25) is 0 Å². The van der Waals surface area contributed by atoms with Crippen molar-refractivity contribution in [3.05, 3.63) is 41.0 Å². The summed E-state index contributed by atoms with van der Waals surface area (Å²) in [5.74, 6) is -1.70. The van der Waals surface area contributed by atoms with Crippen molar-refractivity contribution in [1.29, 1.82) is 5.26 Å². The zero-order valence-corrected chi connectivity index (χ0v) is 23.6. The molecule has 2 aromatic rings. The number of imidazole rings is 1. The van der Waals surface area contributed by atoms with Crippen LogP contribution < -0.4 is 10.1 Å². The number of aryl methyl sites for hydroxylation is 1. The number of nitrogens with zero attached hydrogens (tertiary/aromatic N) is 3. The molecule has 1 aromatic carbocycles. The molecule has 1 aliphatic carbocycles. The van der Waals surface area contributed by atoms with Gasteiger partial charge in [-0.2, -0.15) is 27.2 Å². The van der Waals surface area contributed by atoms with Crippen molar-refractivity contribution >= 4 is 15.7 Å². The average molecular weight is 607 g/mol. The molecule has 1 heterocycles. The number of rotatable bonds is 9. The highest BCUT2D eigenvalue weighted by Crippen LogP contribution is 2.41. The molecular weight excluding hydrogens is 575 g/mol. The third-order valence-electron chi connectivity index (χ3n) is 7.30. The number of hydrogen-bond donors (Lipinski definition) is 2. The first kappa shape index (κ1) is 32.3. The molecule has 0 radical (unpaired) electrons. The normalized spacial score (nSPS) is 20.1. The summed E-state index contributed by atoms with van der Waals surface area (Å²) in [6.45, 7) is -0.00849. The molecule has 15 heteroatoms. The van der Waals surface area contributed by atoms with Crippen molar-refractivity contribution in [3.63, 3.8) is 0 Å². The van der Waals surface area contributed by atoms with E-state index in [2.05, 4.69) is 15.0 Å². The molecule has 1 saturated carbocycles. The van der Waals surface area contributed by atoms with Crippen LogP contribution in [0.15, 0.2) is 18.2 Å². The Kier molecular flexibility index (Phi) is 9.39. The molecule has 3 rings (SSSR count). The second-order valence-corrected chi connectivity index (χ2v) is 13.2. The van der Waals surface area contributed by atoms with E-state index in [1.807, 2.05) is 6.07 Å². The van der Waals surface area contributed by atoms with Gasteiger partial charge in [0, 0.05) is 18.7 Å². The third-order valence-corrected chi connectivity index (χ3v) is 8.94. The van der Waals surface area contributed by atoms with Crippen LogP contribution in [-0.4, -0.2) is 65.9 Å². The third kappa shape index (κ3) is 7.34. The highest BCUT2D eigenvalue weighted by molar-refractivity contribution is 7.91. The molecule has 1 aromatic heterocycles. The van der Waals surface area contributed by atoms with Gasteiger partial charge in [0.05, 0.1) is 22.5 Å². The van der Waals surface area contributed by atoms with E-state index in [0.717, 1.165) is 30.7 Å². The highest BCUT2D eigenvalue weighted by Gasteiger charge is 2.47. The molecule has 2 N–H and O–H groups in total. The van der Waals surface area contributed by atoms with E-state index in [-0.39, 0.29) is 41.4 Å². The zero-order valence-electron chi connectivity index (χ0n) is 22.8. The molecule has 0 bridgehead atoms. The van der Waals surface area contributed by atoms with Gasteiger partial charge in [-0.25, -0.2) is 13.4 Å². The smallest absolute Gasteiger partial charge is 0.394 e. The number of halogens is 5. The summed E-state index contributed by atoms with van der Waals surface area (Å²) in [7, 11) is -3.33. The van der Waals surface area contributed by atoms with Crippen LogP contribution in [0.3, 0.4) is 0 Å². The summed E-state index contributed by atoms with van der Waals surface area (Å²) in [5, 5.41) is 22.2. The van der Waals surface area contributed by atoms with Crippen LogP contribution in [-0.2, 0) is 16.3 Å². The molecule has 0 unspecified atom stereocenters. The Labute approximate surface area is 234 Å². The van der Waals surface area contributed by atoms with Crippen molar-refractivity contribution in [2.75, 3.05) is 12.8 Å². The molecule has 0 spiro atoms. The maximum Gasteiger partial charge on any atom is 0.394 e. The topological polar surface area (TPSA) is 134 Å². The van der Waals surface area contributed by atoms with Gasteiger partial charge in [0.2, 0.25) is 0 Å². The largest absolute Gasteiger partial charge is 0.433 e. The van der Waals surface area contributed by atoms with Crippen LogP contribution >= 0.6 is 0 Å². The van der Waals surface area contributed by atoms with Crippen molar-refractivity contribution in [2.45, 2.75) is 70.6 Å². The van der Waals surface area contributed by atoms with Crippen LogP contribution in [0.25, 0.3) is 5.69 Å². The van der Waals surface area contributed by atoms with Crippen LogP contribution in [0.5, 0.6) is 5.75 Å². The molecule has 226 valence electrons. The summed E-state index contributed by atoms with van der Waals surface area (Å²) < 4.78 is 96.0. The van der Waals surface area contributed by atoms with Gasteiger partial charge in [-0.05, 0) is 50.3 Å². The first-order chi connectivity index (χ1) is 18.9. The number of ether oxygens (including phenoxy) is 1. The number of alkyl halides is 5. The summed E-state index contributed by atoms with van der Waals surface area (Å²) >= 11 is 0. The van der Waals surface area contributed by atoms with E-state index in [1.165, 1.54) is 19.1 Å². The summed E-state index contributed by atoms with van der Waals surface area (Å²) in [6, 6.07) is 5.35. The van der Waals surface area contributed by atoms with Gasteiger partial charge >= 0.3 is 12.8 Å². The Morgan fingerprint density at radius 2 is 1.95 bits per heavy atom. The molecule has 41 heavy (non-hydrogen) atoms. The van der Waals surface area contributed by atoms with E-state index in [0.29, 0.717) is 12.8 Å². The zero-order chi connectivity index (χ0) is 30.9. The van der Waals surface area contributed by atoms with Gasteiger partial charge in [-0.15, -0.1) is 0 Å². The van der Waals surface area contributed by atoms with Gasteiger partial charge in [0.25, 0.3) is 5.91 Å². The number of hydrogen-bond acceptors (Lipinski definition) is 7. The van der Waals surface area contributed by atoms with Crippen LogP contribution in [0, 0.1) is 29.6 Å². The van der Waals surface area contributed by atoms with Crippen molar-refractivity contribution in [3.8, 4) is 17.5 Å². The average Bonchev–Trinajstić information content (AvgIpc) is 3.17. The van der Waals surface area contributed by atoms with E-state index in [4.69, 9.17) is 0 Å². The number of carbonyl (C=O) groups is 1. The second kappa shape index (κ2) is 11.9. The summed E-state index contributed by atoms with van der Waals surface area (Å²) in [6.07, 6.45) is -4.29. The Morgan fingerprint density at radius 3 is 2.49 bits per heavy atom. The maximum absolute atomic E-state index is 13.4. The minimum atomic E-state index is -4.56. The van der Waals surface area contributed by atoms with E-state index in [9.17, 15) is 45.5 Å². The van der Waals surface area contributed by atoms with Gasteiger partial charge in [0.1, 0.15) is 27.5 Å². The molecule has 1 fully saturated rings. The van der Waals surface area contributed by atoms with Gasteiger partial charge < -0.3 is 15.2 Å². The quantitative estimate of drug-likeness (QED) is 0.411. The minimum absolute atomic E-state index is 0.0274. The predicted octanol–water partition coefficient (Wildman–Crippen LogP) is 4.09. The Balaban J connectivity index is 1.89. The van der Waals surface area contributed by atoms with Crippen molar-refractivity contribution in [1.82, 2.24) is 14.9 Å². The molecule has 0 saturated heterocycles. The lowest BCUT2D eigenvalue weighted by molar-refractivity contribution is -0.211. The van der Waals surface area contributed by atoms with E-state index >= 15 is 0 Å². The Bertz CT molecular complexity index is 1430. The number of amides is 1. The lowest BCUT2D eigenvalue weighted by Gasteiger charge is -2.32. The van der Waals surface area contributed by atoms with Crippen LogP contribution in [0.1, 0.15) is 60.7 Å². The SMILES string of the molecule is Cc1nc(C(=O)NC[C@H]2CC[C@H](S(C)(=O)=O)C[C@@H]2O)c(C#N)n1-c1ccc(CC(C)(C)C(F)(F)F)cc1OC(F)F. The molecule has 3 atom stereocenters. The fourth-order valence-corrected chi connectivity index (χ4v) is 5.96. The number of nitriles is 1. The molecule has 1 amide bonds. The molecule has 1 aliphatic rings. The molecular formula is C26H31F5N4O5S. The first-order valence-corrected chi connectivity index (χ1v) is 14.6. The number of carbonyl (C=O) groups excluding carboxylic acids is 1. The molecule has 0 aliphatic heterocycles. The Hall–Kier alpha value is -3.25. The second-order valence-electron chi connectivity index (χ2n) is 10.8. The minimum Gasteiger partial charge on any atom is -0.433 e. The van der Waals surface area contributed by atoms with Gasteiger partial charge in [-0.1, -0.05) is 19.9 Å². The number of aliphatic hydroxyl groups is 1. The fraction of sp³-hybridized carbons (Fsp3) is 0.577. The first-order valence-electron chi connectivity index (χ1n) is 12.6. The summed E-state index contributed by atoms with van der Waals surface area (Å²) in [5.41, 5.74) is -2.90. The number of nitrogens with one attached hydrogen (secondary N) is 1. The van der Waals surface area contributed by atoms with Crippen molar-refractivity contribution in [2.24, 2.45) is 11.3 Å². The fourth-order valence-electron chi connectivity index (χ4n) is 4.85. The monoisotopic (exact) mass is 606 g/mol. The number of benzene rings is 1.